The van der Waals surface area contributed by atoms with Crippen LogP contribution >= 0.6 is 0 Å². The van der Waals surface area contributed by atoms with Gasteiger partial charge in [0, 0.05) is 19.5 Å². The molecule has 0 bridgehead atoms. The Hall–Kier alpha value is -1.10. The normalized spacial score (nSPS) is 13.2. The Morgan fingerprint density at radius 1 is 1.31 bits per heavy atom. The summed E-state index contributed by atoms with van der Waals surface area (Å²) in [5, 5.41) is 2.67. The maximum Gasteiger partial charge on any atom is 0.224 e. The fraction of sp³-hybridized carbons (Fsp3) is 0.818. The van der Waals surface area contributed by atoms with Crippen molar-refractivity contribution >= 4 is 11.8 Å². The van der Waals surface area contributed by atoms with Gasteiger partial charge in [0.25, 0.3) is 0 Å². The van der Waals surface area contributed by atoms with Gasteiger partial charge in [-0.1, -0.05) is 20.8 Å². The Bertz CT molecular complexity index is 246. The highest BCUT2D eigenvalue weighted by atomic mass is 16.2. The highest BCUT2D eigenvalue weighted by Gasteiger charge is 2.23. The Kier molecular flexibility index (Phi) is 6.03. The van der Waals surface area contributed by atoms with Crippen LogP contribution in [-0.2, 0) is 9.59 Å². The minimum atomic E-state index is -0.416. The van der Waals surface area contributed by atoms with Crippen molar-refractivity contribution in [1.82, 2.24) is 5.32 Å². The van der Waals surface area contributed by atoms with Crippen LogP contribution in [0, 0.1) is 11.3 Å². The van der Waals surface area contributed by atoms with E-state index in [1.54, 1.807) is 0 Å². The van der Waals surface area contributed by atoms with E-state index in [1.165, 1.54) is 0 Å². The molecular weight excluding hydrogens is 206 g/mol. The molecule has 0 aliphatic rings. The molecule has 1 atom stereocenters. The summed E-state index contributed by atoms with van der Waals surface area (Å²) in [4.78, 5) is 22.2. The third kappa shape index (κ3) is 7.23. The molecule has 0 heterocycles. The van der Waals surface area contributed by atoms with Crippen LogP contribution in [0.5, 0.6) is 0 Å². The molecule has 0 aromatic carbocycles. The number of amides is 2. The number of hydrogen-bond donors (Lipinski definition) is 3. The maximum absolute atomic E-state index is 11.7. The summed E-state index contributed by atoms with van der Waals surface area (Å²) in [6, 6.07) is 0. The van der Waals surface area contributed by atoms with Gasteiger partial charge >= 0.3 is 0 Å². The fourth-order valence-electron chi connectivity index (χ4n) is 1.48. The molecule has 5 nitrogen and oxygen atoms in total. The average molecular weight is 229 g/mol. The lowest BCUT2D eigenvalue weighted by Gasteiger charge is -2.24. The van der Waals surface area contributed by atoms with Crippen LogP contribution in [0.15, 0.2) is 0 Å². The molecule has 0 saturated heterocycles. The molecule has 94 valence electrons. The molecule has 0 saturated carbocycles. The van der Waals surface area contributed by atoms with Crippen molar-refractivity contribution in [2.75, 3.05) is 13.1 Å². The number of primary amides is 1. The number of hydrogen-bond acceptors (Lipinski definition) is 3. The largest absolute Gasteiger partial charge is 0.370 e. The van der Waals surface area contributed by atoms with E-state index < -0.39 is 5.91 Å². The zero-order valence-electron chi connectivity index (χ0n) is 10.4. The quantitative estimate of drug-likeness (QED) is 0.597. The van der Waals surface area contributed by atoms with Gasteiger partial charge in [-0.3, -0.25) is 9.59 Å². The predicted molar refractivity (Wildman–Crippen MR) is 63.4 cm³/mol. The molecular formula is C11H23N3O2. The van der Waals surface area contributed by atoms with E-state index in [-0.39, 0.29) is 30.2 Å². The van der Waals surface area contributed by atoms with Crippen LogP contribution in [0.2, 0.25) is 0 Å². The first-order chi connectivity index (χ1) is 7.26. The molecule has 0 aliphatic carbocycles. The minimum Gasteiger partial charge on any atom is -0.370 e. The number of nitrogens with two attached hydrogens (primary N) is 2. The van der Waals surface area contributed by atoms with Gasteiger partial charge < -0.3 is 16.8 Å². The Morgan fingerprint density at radius 3 is 2.25 bits per heavy atom. The highest BCUT2D eigenvalue weighted by Crippen LogP contribution is 2.23. The average Bonchev–Trinajstić information content (AvgIpc) is 2.11. The summed E-state index contributed by atoms with van der Waals surface area (Å²) in [7, 11) is 0. The van der Waals surface area contributed by atoms with Crippen molar-refractivity contribution in [2.24, 2.45) is 22.8 Å². The van der Waals surface area contributed by atoms with Gasteiger partial charge in [-0.05, 0) is 11.8 Å². The van der Waals surface area contributed by atoms with Gasteiger partial charge in [-0.25, -0.2) is 0 Å². The van der Waals surface area contributed by atoms with Gasteiger partial charge in [0.15, 0.2) is 0 Å². The van der Waals surface area contributed by atoms with Crippen LogP contribution in [0.3, 0.4) is 0 Å². The van der Waals surface area contributed by atoms with Gasteiger partial charge in [0.05, 0.1) is 5.92 Å². The molecule has 0 aromatic rings. The van der Waals surface area contributed by atoms with E-state index in [9.17, 15) is 9.59 Å². The molecule has 1 unspecified atom stereocenters. The van der Waals surface area contributed by atoms with Gasteiger partial charge in [-0.2, -0.15) is 0 Å². The van der Waals surface area contributed by atoms with E-state index in [0.29, 0.717) is 6.54 Å². The van der Waals surface area contributed by atoms with Crippen molar-refractivity contribution in [2.45, 2.75) is 33.6 Å². The Balaban J connectivity index is 4.06. The summed E-state index contributed by atoms with van der Waals surface area (Å²) < 4.78 is 0. The Morgan fingerprint density at radius 2 is 1.88 bits per heavy atom. The zero-order chi connectivity index (χ0) is 12.8. The van der Waals surface area contributed by atoms with Crippen LogP contribution in [0.4, 0.5) is 0 Å². The number of rotatable bonds is 6. The molecule has 0 fully saturated rings. The lowest BCUT2D eigenvalue weighted by atomic mass is 9.84. The van der Waals surface area contributed by atoms with Gasteiger partial charge in [-0.15, -0.1) is 0 Å². The maximum atomic E-state index is 11.7. The minimum absolute atomic E-state index is 0.0606. The molecule has 2 amide bonds. The first-order valence-electron chi connectivity index (χ1n) is 5.52. The smallest absolute Gasteiger partial charge is 0.224 e. The first-order valence-corrected chi connectivity index (χ1v) is 5.52. The Labute approximate surface area is 96.9 Å². The van der Waals surface area contributed by atoms with Crippen LogP contribution in [0.1, 0.15) is 33.6 Å². The SMILES string of the molecule is CC(C)(C)CC(CN)C(=O)NCCC(N)=O. The highest BCUT2D eigenvalue weighted by molar-refractivity contribution is 5.80. The lowest BCUT2D eigenvalue weighted by molar-refractivity contribution is -0.125. The number of nitrogens with one attached hydrogen (secondary N) is 1. The van der Waals surface area contributed by atoms with E-state index in [2.05, 4.69) is 26.1 Å². The van der Waals surface area contributed by atoms with Crippen LogP contribution < -0.4 is 16.8 Å². The van der Waals surface area contributed by atoms with Crippen molar-refractivity contribution in [1.29, 1.82) is 0 Å². The van der Waals surface area contributed by atoms with E-state index in [0.717, 1.165) is 6.42 Å². The van der Waals surface area contributed by atoms with Crippen molar-refractivity contribution in [3.8, 4) is 0 Å². The zero-order valence-corrected chi connectivity index (χ0v) is 10.4. The number of carbonyl (C=O) groups excluding carboxylic acids is 2. The van der Waals surface area contributed by atoms with Gasteiger partial charge in [0.2, 0.25) is 11.8 Å². The molecule has 0 spiro atoms. The summed E-state index contributed by atoms with van der Waals surface area (Å²) in [6.45, 7) is 6.79. The molecule has 0 radical (unpaired) electrons. The van der Waals surface area contributed by atoms with E-state index >= 15 is 0 Å². The topological polar surface area (TPSA) is 98.2 Å². The van der Waals surface area contributed by atoms with Crippen molar-refractivity contribution < 1.29 is 9.59 Å². The lowest BCUT2D eigenvalue weighted by Crippen LogP contribution is -2.38. The molecule has 5 N–H and O–H groups in total. The third-order valence-corrected chi connectivity index (χ3v) is 2.18. The summed E-state index contributed by atoms with van der Waals surface area (Å²) in [6.07, 6.45) is 0.893. The standard InChI is InChI=1S/C11H23N3O2/c1-11(2,3)6-8(7-12)10(16)14-5-4-9(13)15/h8H,4-7,12H2,1-3H3,(H2,13,15)(H,14,16). The molecule has 0 rings (SSSR count). The van der Waals surface area contributed by atoms with Crippen molar-refractivity contribution in [3.63, 3.8) is 0 Å². The second kappa shape index (κ2) is 6.48. The molecule has 0 aliphatic heterocycles. The summed E-state index contributed by atoms with van der Waals surface area (Å²) >= 11 is 0. The second-order valence-corrected chi connectivity index (χ2v) is 5.20. The second-order valence-electron chi connectivity index (χ2n) is 5.20. The van der Waals surface area contributed by atoms with Gasteiger partial charge in [0.1, 0.15) is 0 Å². The fourth-order valence-corrected chi connectivity index (χ4v) is 1.48. The predicted octanol–water partition coefficient (Wildman–Crippen LogP) is -0.0109. The first kappa shape index (κ1) is 14.9. The third-order valence-electron chi connectivity index (χ3n) is 2.18. The van der Waals surface area contributed by atoms with Crippen molar-refractivity contribution in [3.05, 3.63) is 0 Å². The monoisotopic (exact) mass is 229 g/mol. The summed E-state index contributed by atoms with van der Waals surface area (Å²) in [5.74, 6) is -0.716. The van der Waals surface area contributed by atoms with Crippen LogP contribution in [-0.4, -0.2) is 24.9 Å². The van der Waals surface area contributed by atoms with E-state index in [1.807, 2.05) is 0 Å². The summed E-state index contributed by atoms with van der Waals surface area (Å²) in [5.41, 5.74) is 10.6. The number of carbonyl (C=O) groups is 2. The molecule has 0 aromatic heterocycles. The molecule has 16 heavy (non-hydrogen) atoms. The van der Waals surface area contributed by atoms with E-state index in [4.69, 9.17) is 11.5 Å². The van der Waals surface area contributed by atoms with Crippen LogP contribution in [0.25, 0.3) is 0 Å². The molecule has 5 heteroatoms.